The van der Waals surface area contributed by atoms with Gasteiger partial charge in [0.1, 0.15) is 16.8 Å². The zero-order valence-corrected chi connectivity index (χ0v) is 18.5. The highest BCUT2D eigenvalue weighted by Crippen LogP contribution is 2.25. The Labute approximate surface area is 191 Å². The Kier molecular flexibility index (Phi) is 6.95. The van der Waals surface area contributed by atoms with Crippen LogP contribution in [0, 0.1) is 11.3 Å². The van der Waals surface area contributed by atoms with Gasteiger partial charge in [0.05, 0.1) is 17.8 Å². The maximum absolute atomic E-state index is 9.28. The average Bonchev–Trinajstić information content (AvgIpc) is 3.18. The minimum absolute atomic E-state index is 0.355. The van der Waals surface area contributed by atoms with Crippen molar-refractivity contribution in [2.45, 2.75) is 24.9 Å². The van der Waals surface area contributed by atoms with Crippen LogP contribution in [0.2, 0.25) is 0 Å². The first-order valence-corrected chi connectivity index (χ1v) is 10.8. The zero-order valence-electron chi connectivity index (χ0n) is 17.7. The summed E-state index contributed by atoms with van der Waals surface area (Å²) in [4.78, 5) is 13.9. The lowest BCUT2D eigenvalue weighted by atomic mass is 10.1. The molecule has 0 spiro atoms. The van der Waals surface area contributed by atoms with Crippen LogP contribution in [0.3, 0.4) is 0 Å². The number of alkyl halides is 1. The number of aryl methyl sites for hydroxylation is 1. The largest absolute Gasteiger partial charge is 0.385 e. The Balaban J connectivity index is 1.66. The third-order valence-electron chi connectivity index (χ3n) is 5.01. The molecule has 0 fully saturated rings. The number of nitriles is 1. The molecule has 1 unspecified atom stereocenters. The van der Waals surface area contributed by atoms with Crippen molar-refractivity contribution in [1.29, 1.82) is 5.26 Å². The fourth-order valence-electron chi connectivity index (χ4n) is 3.53. The Morgan fingerprint density at radius 1 is 1.16 bits per heavy atom. The van der Waals surface area contributed by atoms with Crippen LogP contribution in [0.25, 0.3) is 22.6 Å². The molecule has 32 heavy (non-hydrogen) atoms. The number of ether oxygens (including phenoxy) is 1. The van der Waals surface area contributed by atoms with E-state index in [1.54, 1.807) is 19.4 Å². The molecule has 0 aliphatic heterocycles. The van der Waals surface area contributed by atoms with Crippen molar-refractivity contribution in [3.8, 4) is 17.5 Å². The Morgan fingerprint density at radius 2 is 2.00 bits per heavy atom. The molecule has 2 aromatic heterocycles. The molecule has 1 atom stereocenters. The van der Waals surface area contributed by atoms with Gasteiger partial charge < -0.3 is 14.6 Å². The van der Waals surface area contributed by atoms with Gasteiger partial charge in [0.2, 0.25) is 5.95 Å². The number of benzene rings is 2. The topological polar surface area (TPSA) is 88.7 Å². The summed E-state index contributed by atoms with van der Waals surface area (Å²) in [5.41, 5.74) is 3.60. The molecule has 8 heteroatoms. The highest BCUT2D eigenvalue weighted by atomic mass is 35.5. The molecule has 0 radical (unpaired) electrons. The number of aromatic nitrogens is 4. The number of nitrogens with one attached hydrogen (secondary N) is 1. The van der Waals surface area contributed by atoms with Crippen molar-refractivity contribution in [3.63, 3.8) is 0 Å². The average molecular weight is 447 g/mol. The van der Waals surface area contributed by atoms with Gasteiger partial charge in [0.15, 0.2) is 5.65 Å². The van der Waals surface area contributed by atoms with Crippen molar-refractivity contribution in [3.05, 3.63) is 71.9 Å². The second-order valence-corrected chi connectivity index (χ2v) is 7.86. The summed E-state index contributed by atoms with van der Waals surface area (Å²) in [5, 5.41) is 12.5. The predicted octanol–water partition coefficient (Wildman–Crippen LogP) is 4.62. The van der Waals surface area contributed by atoms with Gasteiger partial charge in [-0.3, -0.25) is 0 Å². The lowest BCUT2D eigenvalue weighted by molar-refractivity contribution is 0.191. The van der Waals surface area contributed by atoms with Crippen molar-refractivity contribution in [2.24, 2.45) is 0 Å². The number of imidazole rings is 1. The van der Waals surface area contributed by atoms with E-state index < -0.39 is 0 Å². The smallest absolute Gasteiger partial charge is 0.225 e. The van der Waals surface area contributed by atoms with E-state index in [9.17, 15) is 5.26 Å². The standard InChI is InChI=1S/C24H23ClN6O/c1-32-12-6-11-31-22(19-10-5-9-18(13-19)15-26)28-20-16-27-24(30-23(20)31)29-21(25)14-17-7-3-2-4-8-17/h2-5,7-10,13,16,21H,6,11-12,14H2,1H3,(H,27,29,30). The van der Waals surface area contributed by atoms with Crippen LogP contribution < -0.4 is 5.32 Å². The van der Waals surface area contributed by atoms with Crippen LogP contribution in [0.4, 0.5) is 5.95 Å². The van der Waals surface area contributed by atoms with E-state index in [1.807, 2.05) is 53.1 Å². The van der Waals surface area contributed by atoms with Gasteiger partial charge in [-0.1, -0.05) is 54.1 Å². The monoisotopic (exact) mass is 446 g/mol. The number of methoxy groups -OCH3 is 1. The number of hydrogen-bond acceptors (Lipinski definition) is 6. The van der Waals surface area contributed by atoms with Gasteiger partial charge in [-0.2, -0.15) is 10.2 Å². The van der Waals surface area contributed by atoms with Crippen molar-refractivity contribution in [1.82, 2.24) is 19.5 Å². The molecule has 1 N–H and O–H groups in total. The maximum atomic E-state index is 9.28. The van der Waals surface area contributed by atoms with Crippen molar-refractivity contribution >= 4 is 28.7 Å². The molecule has 4 aromatic rings. The van der Waals surface area contributed by atoms with E-state index in [0.717, 1.165) is 23.4 Å². The summed E-state index contributed by atoms with van der Waals surface area (Å²) in [7, 11) is 1.68. The Morgan fingerprint density at radius 3 is 2.78 bits per heavy atom. The molecule has 2 heterocycles. The summed E-state index contributed by atoms with van der Waals surface area (Å²) in [6.45, 7) is 1.29. The first-order chi connectivity index (χ1) is 15.7. The molecular weight excluding hydrogens is 424 g/mol. The van der Waals surface area contributed by atoms with Crippen molar-refractivity contribution in [2.75, 3.05) is 19.0 Å². The SMILES string of the molecule is COCCCn1c(-c2cccc(C#N)c2)nc2cnc(NC(Cl)Cc3ccccc3)nc21. The van der Waals surface area contributed by atoms with E-state index in [1.165, 1.54) is 0 Å². The molecule has 2 aromatic carbocycles. The van der Waals surface area contributed by atoms with Crippen LogP contribution in [0.5, 0.6) is 0 Å². The zero-order chi connectivity index (χ0) is 22.3. The van der Waals surface area contributed by atoms with E-state index in [2.05, 4.69) is 16.4 Å². The third kappa shape index (κ3) is 5.05. The minimum atomic E-state index is -0.355. The second-order valence-electron chi connectivity index (χ2n) is 7.33. The number of hydrogen-bond donors (Lipinski definition) is 1. The number of anilines is 1. The number of halogens is 1. The van der Waals surface area contributed by atoms with E-state index >= 15 is 0 Å². The Hall–Kier alpha value is -3.47. The van der Waals surface area contributed by atoms with Crippen LogP contribution in [0.15, 0.2) is 60.8 Å². The first kappa shape index (κ1) is 21.8. The number of fused-ring (bicyclic) bond motifs is 1. The van der Waals surface area contributed by atoms with Gasteiger partial charge in [0, 0.05) is 32.2 Å². The summed E-state index contributed by atoms with van der Waals surface area (Å²) in [6.07, 6.45) is 3.14. The normalized spacial score (nSPS) is 11.9. The van der Waals surface area contributed by atoms with Gasteiger partial charge >= 0.3 is 0 Å². The van der Waals surface area contributed by atoms with E-state index in [0.29, 0.717) is 42.2 Å². The number of nitrogens with zero attached hydrogens (tertiary/aromatic N) is 5. The van der Waals surface area contributed by atoms with Gasteiger partial charge in [-0.15, -0.1) is 0 Å². The fourth-order valence-corrected chi connectivity index (χ4v) is 3.80. The molecule has 7 nitrogen and oxygen atoms in total. The number of rotatable bonds is 9. The van der Waals surface area contributed by atoms with Crippen LogP contribution in [-0.4, -0.2) is 38.7 Å². The molecule has 0 aliphatic rings. The summed E-state index contributed by atoms with van der Waals surface area (Å²) < 4.78 is 7.27. The molecule has 0 bridgehead atoms. The van der Waals surface area contributed by atoms with Crippen LogP contribution in [0.1, 0.15) is 17.5 Å². The van der Waals surface area contributed by atoms with Crippen LogP contribution >= 0.6 is 11.6 Å². The van der Waals surface area contributed by atoms with Gasteiger partial charge in [-0.05, 0) is 24.1 Å². The van der Waals surface area contributed by atoms with Gasteiger partial charge in [-0.25, -0.2) is 9.97 Å². The molecule has 0 aliphatic carbocycles. The maximum Gasteiger partial charge on any atom is 0.225 e. The quantitative estimate of drug-likeness (QED) is 0.229. The first-order valence-electron chi connectivity index (χ1n) is 10.3. The lowest BCUT2D eigenvalue weighted by Crippen LogP contribution is -2.17. The third-order valence-corrected chi connectivity index (χ3v) is 5.27. The molecule has 162 valence electrons. The van der Waals surface area contributed by atoms with Crippen LogP contribution in [-0.2, 0) is 17.7 Å². The van der Waals surface area contributed by atoms with Gasteiger partial charge in [0.25, 0.3) is 0 Å². The molecule has 4 rings (SSSR count). The molecule has 0 amide bonds. The lowest BCUT2D eigenvalue weighted by Gasteiger charge is -2.12. The summed E-state index contributed by atoms with van der Waals surface area (Å²) in [5.74, 6) is 1.19. The van der Waals surface area contributed by atoms with E-state index in [-0.39, 0.29) is 5.50 Å². The predicted molar refractivity (Wildman–Crippen MR) is 125 cm³/mol. The Bertz CT molecular complexity index is 1230. The van der Waals surface area contributed by atoms with E-state index in [4.69, 9.17) is 26.3 Å². The molecule has 0 saturated heterocycles. The molecular formula is C24H23ClN6O. The fraction of sp³-hybridized carbons (Fsp3) is 0.250. The highest BCUT2D eigenvalue weighted by Gasteiger charge is 2.16. The molecule has 0 saturated carbocycles. The summed E-state index contributed by atoms with van der Waals surface area (Å²) >= 11 is 6.52. The minimum Gasteiger partial charge on any atom is -0.385 e. The second kappa shape index (κ2) is 10.2. The highest BCUT2D eigenvalue weighted by molar-refractivity contribution is 6.21. The van der Waals surface area contributed by atoms with Crippen molar-refractivity contribution < 1.29 is 4.74 Å². The summed E-state index contributed by atoms with van der Waals surface area (Å²) in [6, 6.07) is 19.6.